The number of amides is 1. The molecule has 0 saturated carbocycles. The van der Waals surface area contributed by atoms with Crippen LogP contribution in [0, 0.1) is 6.92 Å². The second-order valence-electron chi connectivity index (χ2n) is 5.25. The van der Waals surface area contributed by atoms with Gasteiger partial charge in [0.1, 0.15) is 5.69 Å². The third kappa shape index (κ3) is 3.62. The maximum Gasteiger partial charge on any atom is 0.298 e. The van der Waals surface area contributed by atoms with Crippen LogP contribution in [0.4, 0.5) is 5.95 Å². The molecule has 0 bridgehead atoms. The number of carbonyl (C=O) groups is 1. The Hall–Kier alpha value is -2.69. The fraction of sp³-hybridized carbons (Fsp3) is 0.385. The number of rotatable bonds is 6. The van der Waals surface area contributed by atoms with Gasteiger partial charge >= 0.3 is 0 Å². The van der Waals surface area contributed by atoms with Gasteiger partial charge in [-0.1, -0.05) is 0 Å². The number of aromatic nitrogens is 4. The molecule has 0 aliphatic rings. The average molecular weight is 354 g/mol. The number of primary amides is 1. The van der Waals surface area contributed by atoms with Crippen molar-refractivity contribution in [3.63, 3.8) is 0 Å². The fourth-order valence-corrected chi connectivity index (χ4v) is 3.10. The second kappa shape index (κ2) is 6.43. The summed E-state index contributed by atoms with van der Waals surface area (Å²) in [6, 6.07) is 1.29. The number of nitrogens with two attached hydrogens (primary N) is 1. The average Bonchev–Trinajstić information content (AvgIpc) is 2.92. The van der Waals surface area contributed by atoms with Gasteiger partial charge < -0.3 is 15.0 Å². The molecule has 0 aliphatic carbocycles. The summed E-state index contributed by atoms with van der Waals surface area (Å²) < 4.78 is 33.8. The summed E-state index contributed by atoms with van der Waals surface area (Å²) in [7, 11) is -2.72. The van der Waals surface area contributed by atoms with Crippen molar-refractivity contribution >= 4 is 21.9 Å². The highest BCUT2D eigenvalue weighted by molar-refractivity contribution is 7.92. The van der Waals surface area contributed by atoms with Gasteiger partial charge in [-0.15, -0.1) is 0 Å². The third-order valence-corrected chi connectivity index (χ3v) is 4.25. The van der Waals surface area contributed by atoms with Crippen LogP contribution in [0.2, 0.25) is 0 Å². The van der Waals surface area contributed by atoms with Gasteiger partial charge in [-0.3, -0.25) is 4.79 Å². The number of hydrogen-bond donors (Lipinski definition) is 2. The number of sulfonamides is 1. The third-order valence-electron chi connectivity index (χ3n) is 3.01. The highest BCUT2D eigenvalue weighted by atomic mass is 32.2. The zero-order chi connectivity index (χ0) is 18.1. The molecule has 0 spiro atoms. The molecule has 1 amide bonds. The van der Waals surface area contributed by atoms with Gasteiger partial charge in [-0.25, -0.2) is 14.7 Å². The van der Waals surface area contributed by atoms with Crippen LogP contribution in [0.15, 0.2) is 17.4 Å². The van der Waals surface area contributed by atoms with Crippen LogP contribution in [0.25, 0.3) is 0 Å². The SMILES string of the molecule is COc1cc(C)nc(NS(=O)(=O)c2nc(C(N)=O)cn2C(C)C)n1. The van der Waals surface area contributed by atoms with Crippen molar-refractivity contribution in [1.29, 1.82) is 0 Å². The number of nitrogens with zero attached hydrogens (tertiary/aromatic N) is 4. The summed E-state index contributed by atoms with van der Waals surface area (Å²) >= 11 is 0. The quantitative estimate of drug-likeness (QED) is 0.767. The lowest BCUT2D eigenvalue weighted by atomic mass is 10.4. The molecule has 0 saturated heterocycles. The molecule has 130 valence electrons. The van der Waals surface area contributed by atoms with Crippen molar-refractivity contribution in [3.8, 4) is 5.88 Å². The maximum absolute atomic E-state index is 12.6. The Kier molecular flexibility index (Phi) is 4.73. The predicted molar refractivity (Wildman–Crippen MR) is 85.3 cm³/mol. The summed E-state index contributed by atoms with van der Waals surface area (Å²) in [4.78, 5) is 23.0. The molecule has 2 rings (SSSR count). The molecule has 0 fully saturated rings. The molecule has 0 radical (unpaired) electrons. The molecule has 2 heterocycles. The zero-order valence-electron chi connectivity index (χ0n) is 13.6. The van der Waals surface area contributed by atoms with Crippen molar-refractivity contribution in [2.75, 3.05) is 11.8 Å². The fourth-order valence-electron chi connectivity index (χ4n) is 1.92. The topological polar surface area (TPSA) is 142 Å². The van der Waals surface area contributed by atoms with Crippen molar-refractivity contribution in [2.45, 2.75) is 32.0 Å². The Balaban J connectivity index is 2.47. The van der Waals surface area contributed by atoms with E-state index < -0.39 is 15.9 Å². The number of aryl methyl sites for hydroxylation is 1. The largest absolute Gasteiger partial charge is 0.481 e. The molecule has 10 nitrogen and oxygen atoms in total. The van der Waals surface area contributed by atoms with E-state index in [4.69, 9.17) is 10.5 Å². The Morgan fingerprint density at radius 2 is 2.00 bits per heavy atom. The second-order valence-corrected chi connectivity index (χ2v) is 6.83. The van der Waals surface area contributed by atoms with Crippen LogP contribution >= 0.6 is 0 Å². The number of imidazole rings is 1. The summed E-state index contributed by atoms with van der Waals surface area (Å²) in [6.07, 6.45) is 1.29. The van der Waals surface area contributed by atoms with Crippen LogP contribution in [-0.2, 0) is 10.0 Å². The minimum Gasteiger partial charge on any atom is -0.481 e. The van der Waals surface area contributed by atoms with Gasteiger partial charge in [0.25, 0.3) is 15.9 Å². The lowest BCUT2D eigenvalue weighted by Gasteiger charge is -2.12. The van der Waals surface area contributed by atoms with E-state index in [1.807, 2.05) is 0 Å². The molecule has 0 atom stereocenters. The van der Waals surface area contributed by atoms with E-state index in [1.54, 1.807) is 26.8 Å². The van der Waals surface area contributed by atoms with E-state index >= 15 is 0 Å². The summed E-state index contributed by atoms with van der Waals surface area (Å²) in [5.74, 6) is -0.768. The predicted octanol–water partition coefficient (Wildman–Crippen LogP) is 0.471. The first kappa shape index (κ1) is 17.7. The first-order valence-corrected chi connectivity index (χ1v) is 8.43. The van der Waals surface area contributed by atoms with Crippen LogP contribution in [0.1, 0.15) is 36.1 Å². The number of nitrogens with one attached hydrogen (secondary N) is 1. The number of anilines is 1. The van der Waals surface area contributed by atoms with Crippen molar-refractivity contribution in [1.82, 2.24) is 19.5 Å². The van der Waals surface area contributed by atoms with Gasteiger partial charge in [-0.2, -0.15) is 13.4 Å². The van der Waals surface area contributed by atoms with Crippen molar-refractivity contribution < 1.29 is 17.9 Å². The summed E-state index contributed by atoms with van der Waals surface area (Å²) in [5.41, 5.74) is 5.55. The minimum atomic E-state index is -4.13. The molecule has 24 heavy (non-hydrogen) atoms. The van der Waals surface area contributed by atoms with Crippen LogP contribution < -0.4 is 15.2 Å². The van der Waals surface area contributed by atoms with Gasteiger partial charge in [0.15, 0.2) is 0 Å². The van der Waals surface area contributed by atoms with Gasteiger partial charge in [0.2, 0.25) is 17.0 Å². The van der Waals surface area contributed by atoms with Gasteiger partial charge in [0, 0.05) is 24.0 Å². The molecule has 2 aromatic heterocycles. The molecule has 0 aromatic carbocycles. The molecule has 3 N–H and O–H groups in total. The minimum absolute atomic E-state index is 0.146. The van der Waals surface area contributed by atoms with E-state index in [0.29, 0.717) is 5.69 Å². The monoisotopic (exact) mass is 354 g/mol. The van der Waals surface area contributed by atoms with E-state index in [9.17, 15) is 13.2 Å². The Morgan fingerprint density at radius 3 is 2.54 bits per heavy atom. The van der Waals surface area contributed by atoms with E-state index in [2.05, 4.69) is 19.7 Å². The molecule has 11 heteroatoms. The van der Waals surface area contributed by atoms with Crippen LogP contribution in [-0.4, -0.2) is 41.0 Å². The summed E-state index contributed by atoms with van der Waals surface area (Å²) in [6.45, 7) is 5.16. The smallest absolute Gasteiger partial charge is 0.298 e. The molecular formula is C13H18N6O4S. The van der Waals surface area contributed by atoms with Crippen LogP contribution in [0.5, 0.6) is 5.88 Å². The normalized spacial score (nSPS) is 11.5. The first-order valence-electron chi connectivity index (χ1n) is 6.95. The lowest BCUT2D eigenvalue weighted by molar-refractivity contribution is 0.0995. The molecule has 0 aliphatic heterocycles. The Labute approximate surface area is 139 Å². The zero-order valence-corrected chi connectivity index (χ0v) is 14.5. The van der Waals surface area contributed by atoms with Gasteiger partial charge in [-0.05, 0) is 20.8 Å². The highest BCUT2D eigenvalue weighted by Crippen LogP contribution is 2.19. The van der Waals surface area contributed by atoms with E-state index in [1.165, 1.54) is 17.9 Å². The van der Waals surface area contributed by atoms with Crippen molar-refractivity contribution in [2.24, 2.45) is 5.73 Å². The van der Waals surface area contributed by atoms with Crippen LogP contribution in [0.3, 0.4) is 0 Å². The number of carbonyl (C=O) groups excluding carboxylic acids is 1. The standard InChI is InChI=1S/C13H18N6O4S/c1-7(2)19-6-9(11(14)20)16-13(19)24(21,22)18-12-15-8(3)5-10(17-12)23-4/h5-7H,1-4H3,(H2,14,20)(H,15,17,18). The number of methoxy groups -OCH3 is 1. The maximum atomic E-state index is 12.6. The Morgan fingerprint density at radius 1 is 1.33 bits per heavy atom. The van der Waals surface area contributed by atoms with E-state index in [-0.39, 0.29) is 28.7 Å². The van der Waals surface area contributed by atoms with Gasteiger partial charge in [0.05, 0.1) is 7.11 Å². The number of hydrogen-bond acceptors (Lipinski definition) is 7. The van der Waals surface area contributed by atoms with Crippen molar-refractivity contribution in [3.05, 3.63) is 23.7 Å². The Bertz CT molecular complexity index is 875. The highest BCUT2D eigenvalue weighted by Gasteiger charge is 2.26. The number of ether oxygens (including phenoxy) is 1. The summed E-state index contributed by atoms with van der Waals surface area (Å²) in [5, 5.41) is -0.352. The van der Waals surface area contributed by atoms with E-state index in [0.717, 1.165) is 0 Å². The first-order chi connectivity index (χ1) is 11.1. The molecule has 2 aromatic rings. The lowest BCUT2D eigenvalue weighted by Crippen LogP contribution is -2.21. The molecular weight excluding hydrogens is 336 g/mol. The molecule has 0 unspecified atom stereocenters.